The molecule has 80 valence electrons. The zero-order valence-electron chi connectivity index (χ0n) is 8.68. The highest BCUT2D eigenvalue weighted by Crippen LogP contribution is 1.98. The number of benzene rings is 1. The number of hydrogen-bond donors (Lipinski definition) is 2. The molecular weight excluding hydrogens is 190 g/mol. The molecule has 1 aromatic carbocycles. The third kappa shape index (κ3) is 4.98. The van der Waals surface area contributed by atoms with Crippen LogP contribution in [0.25, 0.3) is 0 Å². The highest BCUT2D eigenvalue weighted by molar-refractivity contribution is 5.79. The van der Waals surface area contributed by atoms with Gasteiger partial charge in [0, 0.05) is 18.7 Å². The van der Waals surface area contributed by atoms with Crippen molar-refractivity contribution < 1.29 is 9.90 Å². The fourth-order valence-electron chi connectivity index (χ4n) is 1.17. The molecule has 15 heavy (non-hydrogen) atoms. The third-order valence-electron chi connectivity index (χ3n) is 2.00. The number of hydrogen-bond acceptors (Lipinski definition) is 2. The van der Waals surface area contributed by atoms with Crippen molar-refractivity contribution in [3.05, 3.63) is 48.0 Å². The second-order valence-corrected chi connectivity index (χ2v) is 3.35. The molecule has 1 rings (SSSR count). The Morgan fingerprint density at radius 2 is 2.13 bits per heavy atom. The average molecular weight is 205 g/mol. The minimum absolute atomic E-state index is 0.0568. The third-order valence-corrected chi connectivity index (χ3v) is 2.00. The highest BCUT2D eigenvalue weighted by atomic mass is 16.4. The maximum Gasteiger partial charge on any atom is 0.328 e. The number of aliphatic carboxylic acids is 1. The van der Waals surface area contributed by atoms with Crippen molar-refractivity contribution in [2.75, 3.05) is 0 Å². The molecule has 0 fully saturated rings. The maximum atomic E-state index is 10.3. The van der Waals surface area contributed by atoms with Crippen molar-refractivity contribution in [3.63, 3.8) is 0 Å². The Balaban J connectivity index is 2.34. The largest absolute Gasteiger partial charge is 0.478 e. The molecule has 0 aliphatic heterocycles. The second kappa shape index (κ2) is 5.98. The number of carboxylic acid groups (broad SMARTS) is 1. The van der Waals surface area contributed by atoms with Crippen LogP contribution in [0.5, 0.6) is 0 Å². The molecule has 0 bridgehead atoms. The first-order chi connectivity index (χ1) is 7.18. The molecule has 0 spiro atoms. The summed E-state index contributed by atoms with van der Waals surface area (Å²) in [6.45, 7) is 2.66. The Kier molecular flexibility index (Phi) is 4.57. The van der Waals surface area contributed by atoms with Gasteiger partial charge in [-0.15, -0.1) is 0 Å². The smallest absolute Gasteiger partial charge is 0.328 e. The number of carbonyl (C=O) groups is 1. The van der Waals surface area contributed by atoms with E-state index in [4.69, 9.17) is 5.11 Å². The lowest BCUT2D eigenvalue weighted by Gasteiger charge is -2.08. The predicted molar refractivity (Wildman–Crippen MR) is 59.5 cm³/mol. The SMILES string of the molecule is CC(C=CC(=O)O)NCc1ccccc1. The summed E-state index contributed by atoms with van der Waals surface area (Å²) in [5, 5.41) is 11.6. The van der Waals surface area contributed by atoms with E-state index < -0.39 is 5.97 Å². The predicted octanol–water partition coefficient (Wildman–Crippen LogP) is 1.81. The van der Waals surface area contributed by atoms with Gasteiger partial charge in [0.1, 0.15) is 0 Å². The lowest BCUT2D eigenvalue weighted by atomic mass is 10.2. The topological polar surface area (TPSA) is 49.3 Å². The van der Waals surface area contributed by atoms with Gasteiger partial charge >= 0.3 is 5.97 Å². The van der Waals surface area contributed by atoms with Gasteiger partial charge in [0.15, 0.2) is 0 Å². The molecule has 0 saturated carbocycles. The van der Waals surface area contributed by atoms with Crippen LogP contribution in [-0.4, -0.2) is 17.1 Å². The summed E-state index contributed by atoms with van der Waals surface area (Å²) in [5.74, 6) is -0.914. The lowest BCUT2D eigenvalue weighted by molar-refractivity contribution is -0.131. The van der Waals surface area contributed by atoms with E-state index in [2.05, 4.69) is 5.32 Å². The van der Waals surface area contributed by atoms with Crippen molar-refractivity contribution in [3.8, 4) is 0 Å². The van der Waals surface area contributed by atoms with E-state index in [1.165, 1.54) is 5.56 Å². The van der Waals surface area contributed by atoms with Crippen LogP contribution >= 0.6 is 0 Å². The standard InChI is InChI=1S/C12H15NO2/c1-10(7-8-12(14)15)13-9-11-5-3-2-4-6-11/h2-8,10,13H,9H2,1H3,(H,14,15). The van der Waals surface area contributed by atoms with Gasteiger partial charge in [0.05, 0.1) is 0 Å². The summed E-state index contributed by atoms with van der Waals surface area (Å²) in [5.41, 5.74) is 1.19. The van der Waals surface area contributed by atoms with Gasteiger partial charge in [-0.05, 0) is 12.5 Å². The molecule has 2 N–H and O–H groups in total. The van der Waals surface area contributed by atoms with E-state index in [1.807, 2.05) is 37.3 Å². The minimum Gasteiger partial charge on any atom is -0.478 e. The maximum absolute atomic E-state index is 10.3. The summed E-state index contributed by atoms with van der Waals surface area (Å²) in [6, 6.07) is 10.0. The van der Waals surface area contributed by atoms with Crippen LogP contribution in [0.1, 0.15) is 12.5 Å². The molecule has 0 heterocycles. The normalized spacial score (nSPS) is 12.9. The van der Waals surface area contributed by atoms with Crippen LogP contribution in [0.15, 0.2) is 42.5 Å². The Labute approximate surface area is 89.4 Å². The molecular formula is C12H15NO2. The van der Waals surface area contributed by atoms with Crippen LogP contribution in [0, 0.1) is 0 Å². The monoisotopic (exact) mass is 205 g/mol. The molecule has 0 amide bonds. The summed E-state index contributed by atoms with van der Waals surface area (Å²) in [7, 11) is 0. The highest BCUT2D eigenvalue weighted by Gasteiger charge is 1.97. The first kappa shape index (κ1) is 11.5. The fraction of sp³-hybridized carbons (Fsp3) is 0.250. The fourth-order valence-corrected chi connectivity index (χ4v) is 1.17. The molecule has 0 aliphatic rings. The Hall–Kier alpha value is -1.61. The quantitative estimate of drug-likeness (QED) is 0.721. The van der Waals surface area contributed by atoms with E-state index in [0.29, 0.717) is 0 Å². The average Bonchev–Trinajstić information content (AvgIpc) is 2.25. The molecule has 0 aromatic heterocycles. The van der Waals surface area contributed by atoms with E-state index in [0.717, 1.165) is 12.6 Å². The van der Waals surface area contributed by atoms with Crippen molar-refractivity contribution in [1.82, 2.24) is 5.32 Å². The zero-order valence-corrected chi connectivity index (χ0v) is 8.68. The number of nitrogens with one attached hydrogen (secondary N) is 1. The van der Waals surface area contributed by atoms with Crippen LogP contribution < -0.4 is 5.32 Å². The summed E-state index contributed by atoms with van der Waals surface area (Å²) in [4.78, 5) is 10.3. The Morgan fingerprint density at radius 3 is 2.73 bits per heavy atom. The van der Waals surface area contributed by atoms with Crippen LogP contribution in [0.3, 0.4) is 0 Å². The van der Waals surface area contributed by atoms with Gasteiger partial charge in [-0.1, -0.05) is 36.4 Å². The molecule has 1 unspecified atom stereocenters. The lowest BCUT2D eigenvalue weighted by Crippen LogP contribution is -2.23. The van der Waals surface area contributed by atoms with Gasteiger partial charge in [0.25, 0.3) is 0 Å². The van der Waals surface area contributed by atoms with Gasteiger partial charge in [-0.2, -0.15) is 0 Å². The molecule has 3 nitrogen and oxygen atoms in total. The Bertz CT molecular complexity index is 333. The molecule has 0 aliphatic carbocycles. The molecule has 1 atom stereocenters. The minimum atomic E-state index is -0.914. The van der Waals surface area contributed by atoms with Gasteiger partial charge < -0.3 is 10.4 Å². The second-order valence-electron chi connectivity index (χ2n) is 3.35. The first-order valence-corrected chi connectivity index (χ1v) is 4.87. The first-order valence-electron chi connectivity index (χ1n) is 4.87. The Morgan fingerprint density at radius 1 is 1.47 bits per heavy atom. The van der Waals surface area contributed by atoms with Gasteiger partial charge in [-0.3, -0.25) is 0 Å². The van der Waals surface area contributed by atoms with Gasteiger partial charge in [-0.25, -0.2) is 4.79 Å². The number of rotatable bonds is 5. The number of carboxylic acids is 1. The van der Waals surface area contributed by atoms with Crippen molar-refractivity contribution >= 4 is 5.97 Å². The van der Waals surface area contributed by atoms with Crippen molar-refractivity contribution in [1.29, 1.82) is 0 Å². The molecule has 1 aromatic rings. The molecule has 3 heteroatoms. The van der Waals surface area contributed by atoms with E-state index >= 15 is 0 Å². The van der Waals surface area contributed by atoms with Gasteiger partial charge in [0.2, 0.25) is 0 Å². The van der Waals surface area contributed by atoms with Crippen LogP contribution in [-0.2, 0) is 11.3 Å². The molecule has 0 radical (unpaired) electrons. The van der Waals surface area contributed by atoms with Crippen molar-refractivity contribution in [2.24, 2.45) is 0 Å². The van der Waals surface area contributed by atoms with Crippen LogP contribution in [0.4, 0.5) is 0 Å². The summed E-state index contributed by atoms with van der Waals surface area (Å²) >= 11 is 0. The van der Waals surface area contributed by atoms with E-state index in [9.17, 15) is 4.79 Å². The van der Waals surface area contributed by atoms with E-state index in [-0.39, 0.29) is 6.04 Å². The summed E-state index contributed by atoms with van der Waals surface area (Å²) in [6.07, 6.45) is 2.79. The van der Waals surface area contributed by atoms with Crippen molar-refractivity contribution in [2.45, 2.75) is 19.5 Å². The summed E-state index contributed by atoms with van der Waals surface area (Å²) < 4.78 is 0. The molecule has 0 saturated heterocycles. The van der Waals surface area contributed by atoms with Crippen LogP contribution in [0.2, 0.25) is 0 Å². The van der Waals surface area contributed by atoms with E-state index in [1.54, 1.807) is 6.08 Å². The zero-order chi connectivity index (χ0) is 11.1.